The lowest BCUT2D eigenvalue weighted by molar-refractivity contribution is -0.387. The van der Waals surface area contributed by atoms with Gasteiger partial charge in [-0.2, -0.15) is 0 Å². The Kier molecular flexibility index (Phi) is 2.09. The normalized spacial score (nSPS) is 10.6. The van der Waals surface area contributed by atoms with E-state index in [1.54, 1.807) is 0 Å². The Morgan fingerprint density at radius 1 is 1.57 bits per heavy atom. The molecule has 0 bridgehead atoms. The van der Waals surface area contributed by atoms with Crippen LogP contribution in [-0.4, -0.2) is 4.92 Å². The Bertz CT molecular complexity index is 521. The van der Waals surface area contributed by atoms with Crippen molar-refractivity contribution in [2.45, 2.75) is 4.90 Å². The van der Waals surface area contributed by atoms with Gasteiger partial charge in [-0.1, -0.05) is 0 Å². The Labute approximate surface area is 88.9 Å². The standard InChI is InChI=1S/C8H6N2O2S2/c9-5-3-6(10(11)12)7(13)8-4(5)1-2-14-8/h1-3,13H,9H2. The fourth-order valence-electron chi connectivity index (χ4n) is 1.27. The molecule has 0 spiro atoms. The van der Waals surface area contributed by atoms with E-state index in [1.165, 1.54) is 17.4 Å². The Morgan fingerprint density at radius 3 is 2.93 bits per heavy atom. The third-order valence-corrected chi connectivity index (χ3v) is 3.46. The number of hydrogen-bond donors (Lipinski definition) is 2. The highest BCUT2D eigenvalue weighted by atomic mass is 32.1. The summed E-state index contributed by atoms with van der Waals surface area (Å²) >= 11 is 5.53. The zero-order valence-electron chi connectivity index (χ0n) is 6.93. The number of rotatable bonds is 1. The van der Waals surface area contributed by atoms with Crippen molar-refractivity contribution in [3.05, 3.63) is 27.6 Å². The molecule has 0 saturated carbocycles. The van der Waals surface area contributed by atoms with Crippen molar-refractivity contribution in [1.29, 1.82) is 0 Å². The monoisotopic (exact) mass is 226 g/mol. The minimum atomic E-state index is -0.474. The highest BCUT2D eigenvalue weighted by Crippen LogP contribution is 2.38. The molecule has 1 heterocycles. The number of hydrogen-bond acceptors (Lipinski definition) is 5. The van der Waals surface area contributed by atoms with Gasteiger partial charge in [-0.25, -0.2) is 0 Å². The second-order valence-corrected chi connectivity index (χ2v) is 4.12. The quantitative estimate of drug-likeness (QED) is 0.340. The molecule has 2 rings (SSSR count). The van der Waals surface area contributed by atoms with Crippen LogP contribution in [0.2, 0.25) is 0 Å². The Balaban J connectivity index is 2.88. The third kappa shape index (κ3) is 1.23. The molecular formula is C8H6N2O2S2. The predicted molar refractivity (Wildman–Crippen MR) is 60.1 cm³/mol. The average molecular weight is 226 g/mol. The first-order valence-corrected chi connectivity index (χ1v) is 5.07. The largest absolute Gasteiger partial charge is 0.398 e. The van der Waals surface area contributed by atoms with E-state index >= 15 is 0 Å². The van der Waals surface area contributed by atoms with Gasteiger partial charge >= 0.3 is 0 Å². The van der Waals surface area contributed by atoms with Crippen LogP contribution in [0.3, 0.4) is 0 Å². The molecule has 1 aromatic heterocycles. The number of nitrogen functional groups attached to an aromatic ring is 1. The zero-order valence-corrected chi connectivity index (χ0v) is 8.64. The third-order valence-electron chi connectivity index (χ3n) is 1.92. The summed E-state index contributed by atoms with van der Waals surface area (Å²) in [6.07, 6.45) is 0. The molecule has 0 aliphatic heterocycles. The van der Waals surface area contributed by atoms with E-state index in [0.29, 0.717) is 10.6 Å². The second kappa shape index (κ2) is 3.14. The van der Waals surface area contributed by atoms with E-state index in [2.05, 4.69) is 12.6 Å². The molecule has 0 unspecified atom stereocenters. The number of nitro benzene ring substituents is 1. The van der Waals surface area contributed by atoms with Crippen LogP contribution in [0.5, 0.6) is 0 Å². The van der Waals surface area contributed by atoms with Gasteiger partial charge in [0, 0.05) is 17.1 Å². The van der Waals surface area contributed by atoms with Crippen molar-refractivity contribution < 1.29 is 4.92 Å². The molecule has 0 saturated heterocycles. The van der Waals surface area contributed by atoms with Gasteiger partial charge in [0.05, 0.1) is 9.62 Å². The van der Waals surface area contributed by atoms with Crippen LogP contribution >= 0.6 is 24.0 Å². The van der Waals surface area contributed by atoms with Crippen LogP contribution in [0, 0.1) is 10.1 Å². The van der Waals surface area contributed by atoms with Gasteiger partial charge in [0.25, 0.3) is 5.69 Å². The maximum Gasteiger partial charge on any atom is 0.286 e. The number of nitro groups is 1. The first-order chi connectivity index (χ1) is 6.61. The number of nitrogens with two attached hydrogens (primary N) is 1. The summed E-state index contributed by atoms with van der Waals surface area (Å²) < 4.78 is 0.764. The van der Waals surface area contributed by atoms with Gasteiger partial charge in [-0.05, 0) is 11.4 Å². The summed E-state index contributed by atoms with van der Waals surface area (Å²) in [4.78, 5) is 10.6. The Hall–Kier alpha value is -1.27. The fraction of sp³-hybridized carbons (Fsp3) is 0. The van der Waals surface area contributed by atoms with Crippen LogP contribution in [0.1, 0.15) is 0 Å². The number of nitrogens with zero attached hydrogens (tertiary/aromatic N) is 1. The van der Waals surface area contributed by atoms with Crippen molar-refractivity contribution >= 4 is 45.4 Å². The molecule has 0 radical (unpaired) electrons. The maximum absolute atomic E-state index is 10.6. The second-order valence-electron chi connectivity index (χ2n) is 2.75. The van der Waals surface area contributed by atoms with Crippen LogP contribution in [0.25, 0.3) is 10.1 Å². The van der Waals surface area contributed by atoms with Crippen LogP contribution < -0.4 is 5.73 Å². The first-order valence-electron chi connectivity index (χ1n) is 3.74. The highest BCUT2D eigenvalue weighted by molar-refractivity contribution is 7.81. The van der Waals surface area contributed by atoms with Crippen LogP contribution in [-0.2, 0) is 0 Å². The number of fused-ring (bicyclic) bond motifs is 1. The van der Waals surface area contributed by atoms with E-state index in [1.807, 2.05) is 11.4 Å². The van der Waals surface area contributed by atoms with Gasteiger partial charge in [0.2, 0.25) is 0 Å². The lowest BCUT2D eigenvalue weighted by Gasteiger charge is -2.00. The van der Waals surface area contributed by atoms with Gasteiger partial charge in [0.1, 0.15) is 4.90 Å². The molecule has 0 atom stereocenters. The molecular weight excluding hydrogens is 220 g/mol. The number of anilines is 1. The van der Waals surface area contributed by atoms with Gasteiger partial charge in [-0.3, -0.25) is 10.1 Å². The highest BCUT2D eigenvalue weighted by Gasteiger charge is 2.17. The van der Waals surface area contributed by atoms with Crippen LogP contribution in [0.4, 0.5) is 11.4 Å². The van der Waals surface area contributed by atoms with Crippen molar-refractivity contribution in [2.24, 2.45) is 0 Å². The molecule has 2 N–H and O–H groups in total. The minimum Gasteiger partial charge on any atom is -0.398 e. The summed E-state index contributed by atoms with van der Waals surface area (Å²) in [6.45, 7) is 0. The SMILES string of the molecule is Nc1cc([N+](=O)[O-])c(S)c2sccc12. The lowest BCUT2D eigenvalue weighted by atomic mass is 10.2. The van der Waals surface area contributed by atoms with E-state index < -0.39 is 4.92 Å². The summed E-state index contributed by atoms with van der Waals surface area (Å²) in [5.41, 5.74) is 6.06. The maximum atomic E-state index is 10.6. The molecule has 6 heteroatoms. The van der Waals surface area contributed by atoms with Crippen molar-refractivity contribution in [2.75, 3.05) is 5.73 Å². The van der Waals surface area contributed by atoms with Gasteiger partial charge < -0.3 is 5.73 Å². The zero-order chi connectivity index (χ0) is 10.3. The predicted octanol–water partition coefficient (Wildman–Crippen LogP) is 2.68. The van der Waals surface area contributed by atoms with Crippen molar-refractivity contribution in [3.63, 3.8) is 0 Å². The minimum absolute atomic E-state index is 0.0409. The van der Waals surface area contributed by atoms with E-state index in [9.17, 15) is 10.1 Å². The number of thiol groups is 1. The number of benzene rings is 1. The van der Waals surface area contributed by atoms with E-state index in [-0.39, 0.29) is 5.69 Å². The molecule has 0 amide bonds. The lowest BCUT2D eigenvalue weighted by Crippen LogP contribution is -1.93. The number of thiophene rings is 1. The summed E-state index contributed by atoms with van der Waals surface area (Å²) in [7, 11) is 0. The summed E-state index contributed by atoms with van der Waals surface area (Å²) in [5.74, 6) is 0. The molecule has 0 aliphatic rings. The smallest absolute Gasteiger partial charge is 0.286 e. The average Bonchev–Trinajstić information content (AvgIpc) is 2.59. The molecule has 2 aromatic rings. The van der Waals surface area contributed by atoms with Crippen molar-refractivity contribution in [1.82, 2.24) is 0 Å². The fourth-order valence-corrected chi connectivity index (χ4v) is 2.56. The summed E-state index contributed by atoms with van der Waals surface area (Å²) in [6, 6.07) is 3.18. The van der Waals surface area contributed by atoms with E-state index in [4.69, 9.17) is 5.73 Å². The van der Waals surface area contributed by atoms with Crippen molar-refractivity contribution in [3.8, 4) is 0 Å². The summed E-state index contributed by atoms with van der Waals surface area (Å²) in [5, 5.41) is 13.3. The van der Waals surface area contributed by atoms with Crippen LogP contribution in [0.15, 0.2) is 22.4 Å². The van der Waals surface area contributed by atoms with Gasteiger partial charge in [0.15, 0.2) is 0 Å². The first kappa shape index (κ1) is 9.29. The molecule has 14 heavy (non-hydrogen) atoms. The molecule has 1 aromatic carbocycles. The van der Waals surface area contributed by atoms with Gasteiger partial charge in [-0.15, -0.1) is 24.0 Å². The molecule has 0 fully saturated rings. The molecule has 0 aliphatic carbocycles. The topological polar surface area (TPSA) is 69.2 Å². The Morgan fingerprint density at radius 2 is 2.29 bits per heavy atom. The molecule has 72 valence electrons. The molecule has 4 nitrogen and oxygen atoms in total. The van der Waals surface area contributed by atoms with E-state index in [0.717, 1.165) is 10.1 Å².